The van der Waals surface area contributed by atoms with Crippen LogP contribution in [0.1, 0.15) is 0 Å². The van der Waals surface area contributed by atoms with Gasteiger partial charge in [-0.3, -0.25) is 4.79 Å². The molecule has 18 heavy (non-hydrogen) atoms. The number of halogens is 2. The van der Waals surface area contributed by atoms with Crippen molar-refractivity contribution in [3.8, 4) is 0 Å². The molecule has 0 aromatic heterocycles. The van der Waals surface area contributed by atoms with Crippen LogP contribution in [0.25, 0.3) is 0 Å². The molecule has 0 heterocycles. The van der Waals surface area contributed by atoms with Gasteiger partial charge in [-0.2, -0.15) is 0 Å². The van der Waals surface area contributed by atoms with E-state index in [-0.39, 0.29) is 27.4 Å². The number of carbonyl (C=O) groups excluding carboxylic acids is 1. The first kappa shape index (κ1) is 15.2. The Bertz CT molecular complexity index is 558. The van der Waals surface area contributed by atoms with E-state index in [1.165, 1.54) is 37.2 Å². The van der Waals surface area contributed by atoms with Crippen LogP contribution in [-0.2, 0) is 14.8 Å². The monoisotopic (exact) mass is 310 g/mol. The van der Waals surface area contributed by atoms with Crippen molar-refractivity contribution in [1.82, 2.24) is 9.62 Å². The molecule has 1 aromatic rings. The Labute approximate surface area is 116 Å². The molecule has 0 aliphatic carbocycles. The normalized spacial score (nSPS) is 11.3. The summed E-state index contributed by atoms with van der Waals surface area (Å²) in [5.41, 5.74) is 0. The zero-order chi connectivity index (χ0) is 13.9. The summed E-state index contributed by atoms with van der Waals surface area (Å²) in [6, 6.07) is 3.93. The van der Waals surface area contributed by atoms with E-state index in [9.17, 15) is 13.2 Å². The minimum Gasteiger partial charge on any atom is -0.348 e. The Kier molecular flexibility index (Phi) is 4.98. The van der Waals surface area contributed by atoms with Gasteiger partial charge in [0.2, 0.25) is 15.9 Å². The first-order valence-corrected chi connectivity index (χ1v) is 7.13. The molecule has 0 bridgehead atoms. The van der Waals surface area contributed by atoms with Crippen molar-refractivity contribution in [2.45, 2.75) is 4.90 Å². The van der Waals surface area contributed by atoms with Crippen LogP contribution in [0.4, 0.5) is 0 Å². The van der Waals surface area contributed by atoms with Gasteiger partial charge in [-0.1, -0.05) is 23.2 Å². The molecule has 1 amide bonds. The smallest absolute Gasteiger partial charge is 0.241 e. The lowest BCUT2D eigenvalue weighted by atomic mass is 10.4. The molecule has 1 rings (SSSR count). The number of nitrogens with one attached hydrogen (secondary N) is 1. The molecule has 1 aromatic carbocycles. The van der Waals surface area contributed by atoms with Gasteiger partial charge in [-0.15, -0.1) is 0 Å². The van der Waals surface area contributed by atoms with Gasteiger partial charge in [0.25, 0.3) is 0 Å². The summed E-state index contributed by atoms with van der Waals surface area (Å²) in [5, 5.41) is 0.401. The molecular formula is C10H12Cl2N2O3S. The van der Waals surface area contributed by atoms with E-state index in [2.05, 4.69) is 4.72 Å². The SMILES string of the molecule is CN(C)C(=O)CNS(=O)(=O)c1ccc(Cl)c(Cl)c1. The summed E-state index contributed by atoms with van der Waals surface area (Å²) in [6.45, 7) is -0.310. The number of carbonyl (C=O) groups is 1. The number of sulfonamides is 1. The average Bonchev–Trinajstić information content (AvgIpc) is 2.29. The molecule has 0 fully saturated rings. The van der Waals surface area contributed by atoms with Crippen molar-refractivity contribution in [2.75, 3.05) is 20.6 Å². The zero-order valence-electron chi connectivity index (χ0n) is 9.78. The van der Waals surface area contributed by atoms with E-state index < -0.39 is 10.0 Å². The predicted octanol–water partition coefficient (Wildman–Crippen LogP) is 1.36. The average molecular weight is 311 g/mol. The molecule has 0 radical (unpaired) electrons. The van der Waals surface area contributed by atoms with Crippen molar-refractivity contribution < 1.29 is 13.2 Å². The van der Waals surface area contributed by atoms with Crippen LogP contribution in [-0.4, -0.2) is 39.9 Å². The van der Waals surface area contributed by atoms with E-state index in [0.717, 1.165) is 0 Å². The minimum atomic E-state index is -3.77. The minimum absolute atomic E-state index is 0.0385. The largest absolute Gasteiger partial charge is 0.348 e. The zero-order valence-corrected chi connectivity index (χ0v) is 12.1. The van der Waals surface area contributed by atoms with Gasteiger partial charge < -0.3 is 4.90 Å². The summed E-state index contributed by atoms with van der Waals surface area (Å²) < 4.78 is 25.9. The second kappa shape index (κ2) is 5.88. The van der Waals surface area contributed by atoms with Gasteiger partial charge in [0.15, 0.2) is 0 Å². The fourth-order valence-electron chi connectivity index (χ4n) is 1.04. The number of nitrogens with zero attached hydrogens (tertiary/aromatic N) is 1. The molecule has 0 saturated heterocycles. The summed E-state index contributed by atoms with van der Waals surface area (Å²) in [5.74, 6) is -0.348. The predicted molar refractivity (Wildman–Crippen MR) is 70.3 cm³/mol. The van der Waals surface area contributed by atoms with Gasteiger partial charge in [0.05, 0.1) is 21.5 Å². The van der Waals surface area contributed by atoms with Gasteiger partial charge in [-0.05, 0) is 18.2 Å². The molecule has 0 unspecified atom stereocenters. The number of rotatable bonds is 4. The van der Waals surface area contributed by atoms with Crippen LogP contribution in [0.3, 0.4) is 0 Å². The van der Waals surface area contributed by atoms with Gasteiger partial charge >= 0.3 is 0 Å². The molecule has 5 nitrogen and oxygen atoms in total. The van der Waals surface area contributed by atoms with Crippen LogP contribution in [0, 0.1) is 0 Å². The summed E-state index contributed by atoms with van der Waals surface area (Å²) in [6.07, 6.45) is 0. The van der Waals surface area contributed by atoms with Crippen molar-refractivity contribution in [3.63, 3.8) is 0 Å². The van der Waals surface area contributed by atoms with Crippen molar-refractivity contribution in [3.05, 3.63) is 28.2 Å². The fourth-order valence-corrected chi connectivity index (χ4v) is 2.41. The third-order valence-electron chi connectivity index (χ3n) is 2.11. The first-order chi connectivity index (χ1) is 8.24. The van der Waals surface area contributed by atoms with Crippen LogP contribution < -0.4 is 4.72 Å². The fraction of sp³-hybridized carbons (Fsp3) is 0.300. The molecule has 1 N–H and O–H groups in total. The summed E-state index contributed by atoms with van der Waals surface area (Å²) >= 11 is 11.4. The molecule has 0 aliphatic heterocycles. The second-order valence-corrected chi connectivity index (χ2v) is 6.27. The lowest BCUT2D eigenvalue weighted by Gasteiger charge is -2.11. The Balaban J connectivity index is 2.87. The maximum Gasteiger partial charge on any atom is 0.241 e. The van der Waals surface area contributed by atoms with Crippen molar-refractivity contribution >= 4 is 39.1 Å². The van der Waals surface area contributed by atoms with Gasteiger partial charge in [0, 0.05) is 14.1 Å². The number of hydrogen-bond acceptors (Lipinski definition) is 3. The molecular weight excluding hydrogens is 299 g/mol. The maximum atomic E-state index is 11.8. The van der Waals surface area contributed by atoms with E-state index in [0.29, 0.717) is 0 Å². The molecule has 8 heteroatoms. The highest BCUT2D eigenvalue weighted by atomic mass is 35.5. The van der Waals surface area contributed by atoms with E-state index in [4.69, 9.17) is 23.2 Å². The van der Waals surface area contributed by atoms with E-state index >= 15 is 0 Å². The highest BCUT2D eigenvalue weighted by Crippen LogP contribution is 2.24. The Morgan fingerprint density at radius 3 is 2.39 bits per heavy atom. The summed E-state index contributed by atoms with van der Waals surface area (Å²) in [4.78, 5) is 12.5. The Morgan fingerprint density at radius 2 is 1.89 bits per heavy atom. The topological polar surface area (TPSA) is 66.5 Å². The quantitative estimate of drug-likeness (QED) is 0.913. The number of hydrogen-bond donors (Lipinski definition) is 1. The Hall–Kier alpha value is -0.820. The lowest BCUT2D eigenvalue weighted by Crippen LogP contribution is -2.36. The van der Waals surface area contributed by atoms with Crippen molar-refractivity contribution in [2.24, 2.45) is 0 Å². The first-order valence-electron chi connectivity index (χ1n) is 4.89. The molecule has 0 spiro atoms. The molecule has 100 valence electrons. The van der Waals surface area contributed by atoms with E-state index in [1.54, 1.807) is 0 Å². The number of amides is 1. The highest BCUT2D eigenvalue weighted by Gasteiger charge is 2.17. The third-order valence-corrected chi connectivity index (χ3v) is 4.25. The van der Waals surface area contributed by atoms with Crippen LogP contribution >= 0.6 is 23.2 Å². The number of likely N-dealkylation sites (N-methyl/N-ethyl adjacent to an activating group) is 1. The molecule has 0 aliphatic rings. The number of benzene rings is 1. The van der Waals surface area contributed by atoms with Crippen LogP contribution in [0.5, 0.6) is 0 Å². The van der Waals surface area contributed by atoms with Crippen molar-refractivity contribution in [1.29, 1.82) is 0 Å². The van der Waals surface area contributed by atoms with Gasteiger partial charge in [0.1, 0.15) is 0 Å². The third kappa shape index (κ3) is 3.84. The van der Waals surface area contributed by atoms with Gasteiger partial charge in [-0.25, -0.2) is 13.1 Å². The standard InChI is InChI=1S/C10H12Cl2N2O3S/c1-14(2)10(15)6-13-18(16,17)7-3-4-8(11)9(12)5-7/h3-5,13H,6H2,1-2H3. The van der Waals surface area contributed by atoms with E-state index in [1.807, 2.05) is 0 Å². The molecule has 0 saturated carbocycles. The lowest BCUT2D eigenvalue weighted by molar-refractivity contribution is -0.127. The van der Waals surface area contributed by atoms with Crippen LogP contribution in [0.2, 0.25) is 10.0 Å². The maximum absolute atomic E-state index is 11.8. The second-order valence-electron chi connectivity index (χ2n) is 3.69. The van der Waals surface area contributed by atoms with Crippen LogP contribution in [0.15, 0.2) is 23.1 Å². The summed E-state index contributed by atoms with van der Waals surface area (Å²) in [7, 11) is -0.694. The Morgan fingerprint density at radius 1 is 1.28 bits per heavy atom. The highest BCUT2D eigenvalue weighted by molar-refractivity contribution is 7.89. The molecule has 0 atom stereocenters.